The van der Waals surface area contributed by atoms with Gasteiger partial charge in [0.05, 0.1) is 17.7 Å². The second-order valence-electron chi connectivity index (χ2n) is 6.20. The predicted octanol–water partition coefficient (Wildman–Crippen LogP) is 0.426. The molecule has 1 amide bonds. The number of Topliss-reactive ketones (excluding diaryl/α,β-unsaturated/α-hetero) is 1. The molecule has 1 aromatic rings. The number of carbonyl (C=O) groups is 2. The van der Waals surface area contributed by atoms with Gasteiger partial charge in [0.2, 0.25) is 5.91 Å². The van der Waals surface area contributed by atoms with E-state index in [1.165, 1.54) is 6.92 Å². The minimum Gasteiger partial charge on any atom is -0.354 e. The Labute approximate surface area is 118 Å². The molecule has 0 aliphatic carbocycles. The first kappa shape index (κ1) is 13.3. The highest BCUT2D eigenvalue weighted by Gasteiger charge is 2.49. The summed E-state index contributed by atoms with van der Waals surface area (Å²) in [4.78, 5) is 25.8. The van der Waals surface area contributed by atoms with Gasteiger partial charge in [-0.3, -0.25) is 19.2 Å². The third-order valence-electron chi connectivity index (χ3n) is 4.35. The smallest absolute Gasteiger partial charge is 0.231 e. The molecule has 2 aliphatic rings. The Morgan fingerprint density at radius 2 is 2.20 bits per heavy atom. The van der Waals surface area contributed by atoms with E-state index in [4.69, 9.17) is 0 Å². The molecule has 1 N–H and O–H groups in total. The first-order valence-electron chi connectivity index (χ1n) is 7.01. The summed E-state index contributed by atoms with van der Waals surface area (Å²) >= 11 is 0. The molecule has 2 aliphatic heterocycles. The fourth-order valence-electron chi connectivity index (χ4n) is 2.91. The van der Waals surface area contributed by atoms with Crippen LogP contribution in [-0.2, 0) is 17.9 Å². The highest BCUT2D eigenvalue weighted by atomic mass is 16.2. The Kier molecular flexibility index (Phi) is 2.93. The number of nitrogens with one attached hydrogen (secondary N) is 1. The van der Waals surface area contributed by atoms with Crippen LogP contribution in [0.1, 0.15) is 37.0 Å². The third-order valence-corrected chi connectivity index (χ3v) is 4.35. The average Bonchev–Trinajstić information content (AvgIpc) is 2.70. The molecule has 1 saturated heterocycles. The summed E-state index contributed by atoms with van der Waals surface area (Å²) in [6.45, 7) is 8.50. The number of rotatable bonds is 2. The fourth-order valence-corrected chi connectivity index (χ4v) is 2.91. The van der Waals surface area contributed by atoms with Gasteiger partial charge in [0.25, 0.3) is 0 Å². The highest BCUT2D eigenvalue weighted by Crippen LogP contribution is 2.32. The van der Waals surface area contributed by atoms with Gasteiger partial charge in [0.1, 0.15) is 5.69 Å². The number of hydrogen-bond donors (Lipinski definition) is 1. The maximum Gasteiger partial charge on any atom is 0.231 e. The van der Waals surface area contributed by atoms with Crippen molar-refractivity contribution in [2.45, 2.75) is 39.9 Å². The van der Waals surface area contributed by atoms with Gasteiger partial charge < -0.3 is 5.32 Å². The minimum atomic E-state index is -0.393. The number of fused-ring (bicyclic) bond motifs is 1. The van der Waals surface area contributed by atoms with Crippen molar-refractivity contribution >= 4 is 11.7 Å². The first-order valence-corrected chi connectivity index (χ1v) is 7.01. The summed E-state index contributed by atoms with van der Waals surface area (Å²) in [5, 5.41) is 7.22. The van der Waals surface area contributed by atoms with Gasteiger partial charge >= 0.3 is 0 Å². The molecule has 6 nitrogen and oxygen atoms in total. The number of ketones is 1. The zero-order valence-corrected chi connectivity index (χ0v) is 12.1. The lowest BCUT2D eigenvalue weighted by Crippen LogP contribution is -2.64. The molecule has 20 heavy (non-hydrogen) atoms. The van der Waals surface area contributed by atoms with E-state index in [9.17, 15) is 9.59 Å². The number of β-lactam (4-membered cyclic amide) rings is 1. The Balaban J connectivity index is 2.00. The lowest BCUT2D eigenvalue weighted by Gasteiger charge is -2.42. The molecule has 1 unspecified atom stereocenters. The molecule has 1 fully saturated rings. The number of aromatic nitrogens is 2. The van der Waals surface area contributed by atoms with E-state index in [0.717, 1.165) is 18.8 Å². The molecule has 6 heteroatoms. The first-order chi connectivity index (χ1) is 9.41. The fraction of sp³-hybridized carbons (Fsp3) is 0.643. The number of nitrogens with zero attached hydrogens (tertiary/aromatic N) is 3. The highest BCUT2D eigenvalue weighted by molar-refractivity contribution is 5.92. The quantitative estimate of drug-likeness (QED) is 0.628. The number of hydrogen-bond acceptors (Lipinski definition) is 4. The Morgan fingerprint density at radius 3 is 2.70 bits per heavy atom. The van der Waals surface area contributed by atoms with Gasteiger partial charge in [0.15, 0.2) is 5.78 Å². The van der Waals surface area contributed by atoms with Gasteiger partial charge in [-0.15, -0.1) is 0 Å². The molecular formula is C14H20N4O2. The SMILES string of the molecule is CC(=O)c1cc2n(n1)CC1(CNC1=O)CN(C(C)C)C2. The van der Waals surface area contributed by atoms with Gasteiger partial charge in [0, 0.05) is 32.6 Å². The van der Waals surface area contributed by atoms with E-state index in [-0.39, 0.29) is 11.7 Å². The van der Waals surface area contributed by atoms with Crippen LogP contribution in [0.4, 0.5) is 0 Å². The maximum absolute atomic E-state index is 12.0. The molecule has 3 rings (SSSR count). The topological polar surface area (TPSA) is 67.2 Å². The van der Waals surface area contributed by atoms with Crippen LogP contribution in [-0.4, -0.2) is 45.5 Å². The molecule has 3 heterocycles. The van der Waals surface area contributed by atoms with E-state index >= 15 is 0 Å². The Morgan fingerprint density at radius 1 is 1.45 bits per heavy atom. The van der Waals surface area contributed by atoms with Crippen molar-refractivity contribution in [2.24, 2.45) is 5.41 Å². The van der Waals surface area contributed by atoms with E-state index < -0.39 is 5.41 Å². The molecule has 0 aromatic carbocycles. The summed E-state index contributed by atoms with van der Waals surface area (Å²) in [5.41, 5.74) is 1.11. The van der Waals surface area contributed by atoms with Crippen LogP contribution in [0.5, 0.6) is 0 Å². The van der Waals surface area contributed by atoms with Crippen LogP contribution in [0.3, 0.4) is 0 Å². The van der Waals surface area contributed by atoms with Crippen LogP contribution < -0.4 is 5.32 Å². The van der Waals surface area contributed by atoms with Crippen molar-refractivity contribution in [3.05, 3.63) is 17.5 Å². The zero-order chi connectivity index (χ0) is 14.5. The van der Waals surface area contributed by atoms with E-state index in [1.54, 1.807) is 0 Å². The van der Waals surface area contributed by atoms with Gasteiger partial charge in [-0.05, 0) is 19.9 Å². The second-order valence-corrected chi connectivity index (χ2v) is 6.20. The van der Waals surface area contributed by atoms with E-state index in [0.29, 0.717) is 24.8 Å². The standard InChI is InChI=1S/C14H20N4O2/c1-9(2)17-5-11-4-12(10(3)19)16-18(11)8-14(7-17)6-15-13(14)20/h4,9H,5-8H2,1-3H3,(H,15,20). The molecular weight excluding hydrogens is 256 g/mol. The van der Waals surface area contributed by atoms with E-state index in [2.05, 4.69) is 29.2 Å². The minimum absolute atomic E-state index is 0.0335. The number of amides is 1. The molecule has 1 aromatic heterocycles. The predicted molar refractivity (Wildman–Crippen MR) is 73.2 cm³/mol. The normalized spacial score (nSPS) is 26.1. The number of carbonyl (C=O) groups excluding carboxylic acids is 2. The van der Waals surface area contributed by atoms with Crippen molar-refractivity contribution in [3.8, 4) is 0 Å². The molecule has 1 atom stereocenters. The lowest BCUT2D eigenvalue weighted by molar-refractivity contribution is -0.143. The monoisotopic (exact) mass is 276 g/mol. The molecule has 0 radical (unpaired) electrons. The van der Waals surface area contributed by atoms with Gasteiger partial charge in [-0.2, -0.15) is 5.10 Å². The summed E-state index contributed by atoms with van der Waals surface area (Å²) in [7, 11) is 0. The summed E-state index contributed by atoms with van der Waals surface area (Å²) < 4.78 is 1.85. The Hall–Kier alpha value is -1.69. The van der Waals surface area contributed by atoms with Crippen molar-refractivity contribution in [1.29, 1.82) is 0 Å². The van der Waals surface area contributed by atoms with Crippen molar-refractivity contribution < 1.29 is 9.59 Å². The molecule has 0 bridgehead atoms. The van der Waals surface area contributed by atoms with Crippen molar-refractivity contribution in [1.82, 2.24) is 20.0 Å². The summed E-state index contributed by atoms with van der Waals surface area (Å²) in [6, 6.07) is 2.20. The second kappa shape index (κ2) is 4.41. The van der Waals surface area contributed by atoms with E-state index in [1.807, 2.05) is 10.7 Å². The van der Waals surface area contributed by atoms with Crippen LogP contribution in [0.2, 0.25) is 0 Å². The molecule has 108 valence electrons. The average molecular weight is 276 g/mol. The van der Waals surface area contributed by atoms with Crippen molar-refractivity contribution in [2.75, 3.05) is 13.1 Å². The summed E-state index contributed by atoms with van der Waals surface area (Å²) in [5.74, 6) is 0.0599. The zero-order valence-electron chi connectivity index (χ0n) is 12.1. The van der Waals surface area contributed by atoms with Crippen molar-refractivity contribution in [3.63, 3.8) is 0 Å². The molecule has 0 saturated carbocycles. The largest absolute Gasteiger partial charge is 0.354 e. The van der Waals surface area contributed by atoms with Gasteiger partial charge in [-0.1, -0.05) is 0 Å². The lowest BCUT2D eigenvalue weighted by atomic mass is 9.80. The maximum atomic E-state index is 12.0. The summed E-state index contributed by atoms with van der Waals surface area (Å²) in [6.07, 6.45) is 0. The Bertz CT molecular complexity index is 578. The molecule has 1 spiro atoms. The van der Waals surface area contributed by atoms with Crippen LogP contribution in [0, 0.1) is 5.41 Å². The van der Waals surface area contributed by atoms with Gasteiger partial charge in [-0.25, -0.2) is 0 Å². The third kappa shape index (κ3) is 1.95. The van der Waals surface area contributed by atoms with Crippen LogP contribution in [0.15, 0.2) is 6.07 Å². The van der Waals surface area contributed by atoms with Crippen LogP contribution >= 0.6 is 0 Å². The van der Waals surface area contributed by atoms with Crippen LogP contribution in [0.25, 0.3) is 0 Å².